The number of hydrogen-bond donors (Lipinski definition) is 9. The molecule has 0 bridgehead atoms. The van der Waals surface area contributed by atoms with Gasteiger partial charge in [-0.05, 0) is 24.3 Å². The lowest BCUT2D eigenvalue weighted by Gasteiger charge is -2.31. The Morgan fingerprint density at radius 3 is 2.00 bits per heavy atom. The number of nitrogens with zero attached hydrogens (tertiary/aromatic N) is 2. The molecule has 0 aliphatic rings. The van der Waals surface area contributed by atoms with Gasteiger partial charge in [0, 0.05) is 39.7 Å². The molecular formula is C30H49N9O7S. The summed E-state index contributed by atoms with van der Waals surface area (Å²) in [4.78, 5) is 82.5. The largest absolute Gasteiger partial charge is 0.394 e. The van der Waals surface area contributed by atoms with Crippen LogP contribution in [0.4, 0.5) is 0 Å². The van der Waals surface area contributed by atoms with Crippen molar-refractivity contribution in [2.45, 2.75) is 70.2 Å². The number of hydrogen-bond acceptors (Lipinski definition) is 9. The Labute approximate surface area is 280 Å². The van der Waals surface area contributed by atoms with Crippen LogP contribution in [0.25, 0.3) is 0 Å². The number of aliphatic hydroxyl groups excluding tert-OH is 1. The van der Waals surface area contributed by atoms with Crippen LogP contribution in [0.1, 0.15) is 39.2 Å². The van der Waals surface area contributed by atoms with E-state index in [1.807, 2.05) is 18.2 Å². The van der Waals surface area contributed by atoms with E-state index in [2.05, 4.69) is 44.2 Å². The lowest BCUT2D eigenvalue weighted by atomic mass is 10.0. The van der Waals surface area contributed by atoms with Gasteiger partial charge in [-0.25, -0.2) is 0 Å². The van der Waals surface area contributed by atoms with E-state index in [1.54, 1.807) is 26.0 Å². The monoisotopic (exact) mass is 679 g/mol. The van der Waals surface area contributed by atoms with E-state index in [4.69, 9.17) is 11.5 Å². The highest BCUT2D eigenvalue weighted by Gasteiger charge is 2.35. The lowest BCUT2D eigenvalue weighted by Crippen LogP contribution is -2.61. The minimum Gasteiger partial charge on any atom is -0.394 e. The Hall–Kier alpha value is -4.38. The summed E-state index contributed by atoms with van der Waals surface area (Å²) in [6.07, 6.45) is 0.542. The zero-order valence-electron chi connectivity index (χ0n) is 27.5. The highest BCUT2D eigenvalue weighted by Crippen LogP contribution is 2.11. The fourth-order valence-corrected chi connectivity index (χ4v) is 4.79. The molecule has 0 fully saturated rings. The topological polar surface area (TPSA) is 250 Å². The van der Waals surface area contributed by atoms with Crippen molar-refractivity contribution in [3.05, 3.63) is 35.9 Å². The molecule has 47 heavy (non-hydrogen) atoms. The molecule has 1 aromatic rings. The fraction of sp³-hybridized carbons (Fsp3) is 0.567. The van der Waals surface area contributed by atoms with E-state index < -0.39 is 78.2 Å². The normalized spacial score (nSPS) is 14.0. The van der Waals surface area contributed by atoms with E-state index >= 15 is 0 Å². The third-order valence-corrected chi connectivity index (χ3v) is 7.50. The van der Waals surface area contributed by atoms with Crippen LogP contribution < -0.4 is 38.1 Å². The predicted molar refractivity (Wildman–Crippen MR) is 180 cm³/mol. The standard InChI is InChI=1S/C30H49N9O7S/c1-17(2)24(38-25(42)20(12-9-13-34-30(31)32)36-26(43)22(16-47)35-18(3)41)28(45)37-21(15-40)29(46)39(5)23(27(44)33-4)14-19-10-7-6-8-11-19/h6-8,10-11,17,20-24,40,47H,9,12-16H2,1-5H3,(H,33,44)(H,35,41)(H,36,43)(H,37,45)(H,38,42)(H4,31,32,34). The van der Waals surface area contributed by atoms with Gasteiger partial charge < -0.3 is 48.1 Å². The summed E-state index contributed by atoms with van der Waals surface area (Å²) in [7, 11) is 2.84. The Balaban J connectivity index is 3.15. The molecule has 1 aromatic carbocycles. The first-order valence-electron chi connectivity index (χ1n) is 15.1. The molecule has 5 atom stereocenters. The molecule has 1 rings (SSSR count). The second-order valence-electron chi connectivity index (χ2n) is 11.2. The van der Waals surface area contributed by atoms with Crippen molar-refractivity contribution in [3.63, 3.8) is 0 Å². The zero-order valence-corrected chi connectivity index (χ0v) is 28.4. The first kappa shape index (κ1) is 40.6. The summed E-state index contributed by atoms with van der Waals surface area (Å²) in [6.45, 7) is 3.94. The number of rotatable bonds is 19. The molecule has 5 unspecified atom stereocenters. The average molecular weight is 680 g/mol. The van der Waals surface area contributed by atoms with Gasteiger partial charge in [-0.3, -0.25) is 33.8 Å². The zero-order chi connectivity index (χ0) is 35.7. The molecule has 16 nitrogen and oxygen atoms in total. The van der Waals surface area contributed by atoms with Crippen LogP contribution in [0.5, 0.6) is 0 Å². The van der Waals surface area contributed by atoms with Gasteiger partial charge in [-0.2, -0.15) is 12.6 Å². The Morgan fingerprint density at radius 1 is 0.894 bits per heavy atom. The number of aliphatic imine (C=N–C) groups is 1. The summed E-state index contributed by atoms with van der Waals surface area (Å²) in [6, 6.07) is 3.30. The molecule has 6 amide bonds. The van der Waals surface area contributed by atoms with Crippen LogP contribution in [-0.2, 0) is 35.2 Å². The molecular weight excluding hydrogens is 630 g/mol. The maximum atomic E-state index is 13.5. The third-order valence-electron chi connectivity index (χ3n) is 7.13. The first-order valence-corrected chi connectivity index (χ1v) is 15.8. The predicted octanol–water partition coefficient (Wildman–Crippen LogP) is -2.61. The number of carbonyl (C=O) groups excluding carboxylic acids is 6. The second-order valence-corrected chi connectivity index (χ2v) is 11.6. The van der Waals surface area contributed by atoms with Crippen molar-refractivity contribution in [3.8, 4) is 0 Å². The van der Waals surface area contributed by atoms with E-state index in [0.29, 0.717) is 0 Å². The van der Waals surface area contributed by atoms with Gasteiger partial charge in [-0.1, -0.05) is 44.2 Å². The summed E-state index contributed by atoms with van der Waals surface area (Å²) in [5.41, 5.74) is 11.5. The summed E-state index contributed by atoms with van der Waals surface area (Å²) >= 11 is 4.10. The van der Waals surface area contributed by atoms with Gasteiger partial charge in [0.25, 0.3) is 0 Å². The van der Waals surface area contributed by atoms with E-state index in [0.717, 1.165) is 10.5 Å². The summed E-state index contributed by atoms with van der Waals surface area (Å²) < 4.78 is 0. The Bertz CT molecular complexity index is 1250. The maximum absolute atomic E-state index is 13.5. The Kier molecular flexibility index (Phi) is 17.9. The molecule has 0 saturated heterocycles. The minimum atomic E-state index is -1.43. The summed E-state index contributed by atoms with van der Waals surface area (Å²) in [5.74, 6) is -4.47. The Morgan fingerprint density at radius 2 is 1.49 bits per heavy atom. The number of aliphatic hydroxyl groups is 1. The molecule has 0 aliphatic carbocycles. The van der Waals surface area contributed by atoms with Gasteiger partial charge in [-0.15, -0.1) is 0 Å². The van der Waals surface area contributed by atoms with Crippen LogP contribution >= 0.6 is 12.6 Å². The van der Waals surface area contributed by atoms with Crippen molar-refractivity contribution in [2.24, 2.45) is 22.4 Å². The van der Waals surface area contributed by atoms with Crippen molar-refractivity contribution in [2.75, 3.05) is 33.0 Å². The maximum Gasteiger partial charge on any atom is 0.247 e. The van der Waals surface area contributed by atoms with Gasteiger partial charge in [0.05, 0.1) is 6.61 Å². The molecule has 0 spiro atoms. The van der Waals surface area contributed by atoms with Gasteiger partial charge in [0.15, 0.2) is 5.96 Å². The molecule has 0 aromatic heterocycles. The molecule has 10 N–H and O–H groups in total. The number of amides is 6. The van der Waals surface area contributed by atoms with E-state index in [1.165, 1.54) is 21.0 Å². The number of carbonyl (C=O) groups is 6. The number of benzene rings is 1. The number of nitrogens with two attached hydrogens (primary N) is 2. The van der Waals surface area contributed by atoms with Crippen LogP contribution in [-0.4, -0.2) is 115 Å². The van der Waals surface area contributed by atoms with E-state index in [9.17, 15) is 33.9 Å². The van der Waals surface area contributed by atoms with Crippen LogP contribution in [0.2, 0.25) is 0 Å². The van der Waals surface area contributed by atoms with Gasteiger partial charge in [0.1, 0.15) is 30.2 Å². The van der Waals surface area contributed by atoms with Crippen molar-refractivity contribution in [1.29, 1.82) is 0 Å². The summed E-state index contributed by atoms with van der Waals surface area (Å²) in [5, 5.41) is 22.8. The van der Waals surface area contributed by atoms with Crippen molar-refractivity contribution >= 4 is 54.0 Å². The smallest absolute Gasteiger partial charge is 0.247 e. The number of thiol groups is 1. The fourth-order valence-electron chi connectivity index (χ4n) is 4.53. The van der Waals surface area contributed by atoms with Crippen LogP contribution in [0, 0.1) is 5.92 Å². The number of guanidine groups is 1. The number of likely N-dealkylation sites (N-methyl/N-ethyl adjacent to an activating group) is 2. The second kappa shape index (κ2) is 20.7. The molecule has 0 radical (unpaired) electrons. The molecule has 0 aliphatic heterocycles. The highest BCUT2D eigenvalue weighted by molar-refractivity contribution is 7.80. The minimum absolute atomic E-state index is 0.0398. The molecule has 262 valence electrons. The quantitative estimate of drug-likeness (QED) is 0.0321. The SMILES string of the molecule is CNC(=O)C(Cc1ccccc1)N(C)C(=O)C(CO)NC(=O)C(NC(=O)C(CCCN=C(N)N)NC(=O)C(CS)NC(C)=O)C(C)C. The van der Waals surface area contributed by atoms with Crippen molar-refractivity contribution < 1.29 is 33.9 Å². The molecule has 0 saturated carbocycles. The highest BCUT2D eigenvalue weighted by atomic mass is 32.1. The van der Waals surface area contributed by atoms with Gasteiger partial charge >= 0.3 is 0 Å². The number of nitrogens with one attached hydrogen (secondary N) is 5. The van der Waals surface area contributed by atoms with Crippen LogP contribution in [0.3, 0.4) is 0 Å². The molecule has 17 heteroatoms. The molecule has 0 heterocycles. The van der Waals surface area contributed by atoms with E-state index in [-0.39, 0.29) is 37.5 Å². The average Bonchev–Trinajstić information content (AvgIpc) is 3.03. The van der Waals surface area contributed by atoms with Crippen LogP contribution in [0.15, 0.2) is 35.3 Å². The third kappa shape index (κ3) is 13.9. The lowest BCUT2D eigenvalue weighted by molar-refractivity contribution is -0.143. The van der Waals surface area contributed by atoms with Gasteiger partial charge in [0.2, 0.25) is 35.4 Å². The first-order chi connectivity index (χ1) is 22.2. The van der Waals surface area contributed by atoms with Crippen molar-refractivity contribution in [1.82, 2.24) is 31.5 Å².